The number of rotatable bonds is 9. The highest BCUT2D eigenvalue weighted by molar-refractivity contribution is 6.11. The van der Waals surface area contributed by atoms with Gasteiger partial charge in [-0.2, -0.15) is 0 Å². The van der Waals surface area contributed by atoms with Gasteiger partial charge in [-0.3, -0.25) is 4.79 Å². The van der Waals surface area contributed by atoms with Crippen molar-refractivity contribution in [3.05, 3.63) is 53.9 Å². The van der Waals surface area contributed by atoms with Crippen LogP contribution < -0.4 is 10.6 Å². The lowest BCUT2D eigenvalue weighted by molar-refractivity contribution is -0.119. The zero-order valence-electron chi connectivity index (χ0n) is 20.0. The molecule has 3 heterocycles. The molecular weight excluding hydrogens is 432 g/mol. The molecule has 2 N–H and O–H groups in total. The Hall–Kier alpha value is -3.39. The third kappa shape index (κ3) is 5.07. The van der Waals surface area contributed by atoms with Crippen molar-refractivity contribution in [2.45, 2.75) is 52.3 Å². The average Bonchev–Trinajstić information content (AvgIpc) is 3.49. The van der Waals surface area contributed by atoms with Crippen molar-refractivity contribution in [2.24, 2.45) is 5.92 Å². The Morgan fingerprint density at radius 1 is 1.29 bits per heavy atom. The number of esters is 1. The van der Waals surface area contributed by atoms with E-state index < -0.39 is 5.97 Å². The number of hydrogen-bond acceptors (Lipinski definition) is 6. The van der Waals surface area contributed by atoms with Crippen LogP contribution in [0.15, 0.2) is 42.6 Å². The predicted molar refractivity (Wildman–Crippen MR) is 132 cm³/mol. The Balaban J connectivity index is 1.77. The zero-order valence-corrected chi connectivity index (χ0v) is 20.0. The van der Waals surface area contributed by atoms with E-state index in [4.69, 9.17) is 14.5 Å². The number of carbonyl (C=O) groups excluding carboxylic acids is 2. The number of pyridine rings is 1. The summed E-state index contributed by atoms with van der Waals surface area (Å²) in [6, 6.07) is 12.0. The quantitative estimate of drug-likeness (QED) is 0.450. The average molecular weight is 465 g/mol. The van der Waals surface area contributed by atoms with Gasteiger partial charge < -0.3 is 24.7 Å². The van der Waals surface area contributed by atoms with Crippen LogP contribution in [-0.2, 0) is 27.4 Å². The lowest BCUT2D eigenvalue weighted by atomic mass is 10.1. The highest BCUT2D eigenvalue weighted by atomic mass is 16.5. The van der Waals surface area contributed by atoms with Gasteiger partial charge >= 0.3 is 5.97 Å². The van der Waals surface area contributed by atoms with Crippen LogP contribution in [0.4, 0.5) is 11.4 Å². The number of methoxy groups -OCH3 is 1. The molecular formula is C26H32N4O4. The molecule has 2 atom stereocenters. The molecule has 0 saturated carbocycles. The summed E-state index contributed by atoms with van der Waals surface area (Å²) in [4.78, 5) is 30.5. The monoisotopic (exact) mass is 464 g/mol. The van der Waals surface area contributed by atoms with Crippen LogP contribution in [0.2, 0.25) is 0 Å². The second kappa shape index (κ2) is 10.7. The molecule has 3 aromatic rings. The van der Waals surface area contributed by atoms with Crippen LogP contribution in [0.25, 0.3) is 11.0 Å². The van der Waals surface area contributed by atoms with Crippen LogP contribution in [0.5, 0.6) is 0 Å². The van der Waals surface area contributed by atoms with Crippen molar-refractivity contribution in [1.82, 2.24) is 9.55 Å². The number of aromatic nitrogens is 2. The Morgan fingerprint density at radius 2 is 2.09 bits per heavy atom. The van der Waals surface area contributed by atoms with Gasteiger partial charge in [-0.1, -0.05) is 44.2 Å². The first-order chi connectivity index (χ1) is 16.5. The smallest absolute Gasteiger partial charge is 0.356 e. The molecule has 1 amide bonds. The predicted octanol–water partition coefficient (Wildman–Crippen LogP) is 4.60. The minimum absolute atomic E-state index is 0.0187. The van der Waals surface area contributed by atoms with Crippen molar-refractivity contribution in [3.63, 3.8) is 0 Å². The fraction of sp³-hybridized carbons (Fsp3) is 0.423. The molecule has 34 heavy (non-hydrogen) atoms. The topological polar surface area (TPSA) is 94.5 Å². The van der Waals surface area contributed by atoms with E-state index in [0.717, 1.165) is 24.1 Å². The number of amides is 1. The number of fused-ring (bicyclic) bond motifs is 1. The largest absolute Gasteiger partial charge is 0.464 e. The molecule has 0 unspecified atom stereocenters. The van der Waals surface area contributed by atoms with E-state index in [-0.39, 0.29) is 23.6 Å². The standard InChI is InChI=1S/C26H32N4O4/c1-4-17(2)25(31)29-22-21-13-19(27-14-18-9-6-5-7-10-18)15-28-24(21)30(23(22)26(32)33-3)16-20-11-8-12-34-20/h5-7,9-10,13,15,17,20,27H,4,8,11-12,14,16H2,1-3H3,(H,29,31)/t17-,20-/m0/s1. The molecule has 1 aromatic carbocycles. The lowest BCUT2D eigenvalue weighted by Gasteiger charge is -2.15. The molecule has 1 aliphatic rings. The lowest BCUT2D eigenvalue weighted by Crippen LogP contribution is -2.23. The molecule has 0 aliphatic carbocycles. The second-order valence-electron chi connectivity index (χ2n) is 8.69. The van der Waals surface area contributed by atoms with E-state index in [9.17, 15) is 9.59 Å². The summed E-state index contributed by atoms with van der Waals surface area (Å²) in [6.45, 7) is 5.62. The highest BCUT2D eigenvalue weighted by Crippen LogP contribution is 2.34. The normalized spacial score (nSPS) is 16.4. The van der Waals surface area contributed by atoms with Crippen LogP contribution in [0, 0.1) is 5.92 Å². The third-order valence-corrected chi connectivity index (χ3v) is 6.33. The van der Waals surface area contributed by atoms with Crippen LogP contribution in [-0.4, -0.2) is 41.2 Å². The van der Waals surface area contributed by atoms with Gasteiger partial charge in [0.25, 0.3) is 0 Å². The van der Waals surface area contributed by atoms with Gasteiger partial charge in [0, 0.05) is 24.5 Å². The molecule has 1 aliphatic heterocycles. The maximum atomic E-state index is 12.9. The molecule has 4 rings (SSSR count). The molecule has 8 nitrogen and oxygen atoms in total. The molecule has 0 radical (unpaired) electrons. The zero-order chi connectivity index (χ0) is 24.1. The third-order valence-electron chi connectivity index (χ3n) is 6.33. The fourth-order valence-electron chi connectivity index (χ4n) is 4.16. The van der Waals surface area contributed by atoms with Gasteiger partial charge in [0.2, 0.25) is 5.91 Å². The number of anilines is 2. The number of benzene rings is 1. The highest BCUT2D eigenvalue weighted by Gasteiger charge is 2.29. The van der Waals surface area contributed by atoms with Gasteiger partial charge in [0.1, 0.15) is 5.65 Å². The van der Waals surface area contributed by atoms with Crippen molar-refractivity contribution < 1.29 is 19.1 Å². The van der Waals surface area contributed by atoms with E-state index >= 15 is 0 Å². The molecule has 0 spiro atoms. The summed E-state index contributed by atoms with van der Waals surface area (Å²) in [5.74, 6) is -0.866. The Kier molecular flexibility index (Phi) is 7.47. The number of carbonyl (C=O) groups is 2. The number of hydrogen-bond donors (Lipinski definition) is 2. The van der Waals surface area contributed by atoms with Crippen LogP contribution in [0.1, 0.15) is 49.2 Å². The molecule has 0 bridgehead atoms. The van der Waals surface area contributed by atoms with Gasteiger partial charge in [-0.25, -0.2) is 9.78 Å². The van der Waals surface area contributed by atoms with Gasteiger partial charge in [-0.15, -0.1) is 0 Å². The van der Waals surface area contributed by atoms with E-state index in [1.807, 2.05) is 54.8 Å². The number of nitrogens with zero attached hydrogens (tertiary/aromatic N) is 2. The van der Waals surface area contributed by atoms with Crippen LogP contribution in [0.3, 0.4) is 0 Å². The summed E-state index contributed by atoms with van der Waals surface area (Å²) >= 11 is 0. The maximum Gasteiger partial charge on any atom is 0.356 e. The maximum absolute atomic E-state index is 12.9. The summed E-state index contributed by atoms with van der Waals surface area (Å²) in [5.41, 5.74) is 3.26. The second-order valence-corrected chi connectivity index (χ2v) is 8.69. The molecule has 2 aromatic heterocycles. The van der Waals surface area contributed by atoms with E-state index in [2.05, 4.69) is 10.6 Å². The summed E-state index contributed by atoms with van der Waals surface area (Å²) in [7, 11) is 1.34. The van der Waals surface area contributed by atoms with Crippen molar-refractivity contribution in [3.8, 4) is 0 Å². The SMILES string of the molecule is CC[C@H](C)C(=O)Nc1c(C(=O)OC)n(C[C@@H]2CCCO2)c2ncc(NCc3ccccc3)cc12. The first kappa shape index (κ1) is 23.8. The van der Waals surface area contributed by atoms with Gasteiger partial charge in [0.05, 0.1) is 37.3 Å². The first-order valence-electron chi connectivity index (χ1n) is 11.8. The molecule has 8 heteroatoms. The van der Waals surface area contributed by atoms with Crippen molar-refractivity contribution in [2.75, 3.05) is 24.4 Å². The van der Waals surface area contributed by atoms with E-state index in [1.165, 1.54) is 7.11 Å². The van der Waals surface area contributed by atoms with Gasteiger partial charge in [-0.05, 0) is 30.9 Å². The molecule has 1 saturated heterocycles. The van der Waals surface area contributed by atoms with Crippen molar-refractivity contribution >= 4 is 34.3 Å². The minimum Gasteiger partial charge on any atom is -0.464 e. The summed E-state index contributed by atoms with van der Waals surface area (Å²) in [5, 5.41) is 7.07. The molecule has 1 fully saturated rings. The summed E-state index contributed by atoms with van der Waals surface area (Å²) < 4.78 is 12.8. The number of ether oxygens (including phenoxy) is 2. The van der Waals surface area contributed by atoms with Crippen molar-refractivity contribution in [1.29, 1.82) is 0 Å². The van der Waals surface area contributed by atoms with Crippen LogP contribution >= 0.6 is 0 Å². The Bertz CT molecular complexity index is 1150. The van der Waals surface area contributed by atoms with Gasteiger partial charge in [0.15, 0.2) is 5.69 Å². The Morgan fingerprint density at radius 3 is 2.76 bits per heavy atom. The fourth-order valence-corrected chi connectivity index (χ4v) is 4.16. The van der Waals surface area contributed by atoms with E-state index in [1.54, 1.807) is 6.20 Å². The first-order valence-corrected chi connectivity index (χ1v) is 11.8. The minimum atomic E-state index is -0.519. The number of nitrogens with one attached hydrogen (secondary N) is 2. The van der Waals surface area contributed by atoms with E-state index in [0.29, 0.717) is 42.8 Å². The molecule has 180 valence electrons. The summed E-state index contributed by atoms with van der Waals surface area (Å²) in [6.07, 6.45) is 4.31. The Labute approximate surface area is 199 Å².